The molecule has 1 aromatic heterocycles. The van der Waals surface area contributed by atoms with Gasteiger partial charge in [0, 0.05) is 37.3 Å². The lowest BCUT2D eigenvalue weighted by atomic mass is 9.72. The second-order valence-corrected chi connectivity index (χ2v) is 7.10. The van der Waals surface area contributed by atoms with Crippen molar-refractivity contribution in [3.8, 4) is 0 Å². The Hall–Kier alpha value is -2.14. The third-order valence-corrected chi connectivity index (χ3v) is 5.30. The number of nitrogens with zero attached hydrogens (tertiary/aromatic N) is 3. The van der Waals surface area contributed by atoms with E-state index in [2.05, 4.69) is 52.7 Å². The maximum atomic E-state index is 12.3. The van der Waals surface area contributed by atoms with Crippen LogP contribution in [0.2, 0.25) is 0 Å². The second-order valence-electron chi connectivity index (χ2n) is 7.10. The molecule has 0 saturated carbocycles. The number of aryl methyl sites for hydroxylation is 1. The van der Waals surface area contributed by atoms with E-state index in [0.29, 0.717) is 6.42 Å². The van der Waals surface area contributed by atoms with Gasteiger partial charge in [-0.3, -0.25) is 9.48 Å². The van der Waals surface area contributed by atoms with E-state index in [4.69, 9.17) is 0 Å². The molecular formula is C20H28N4O. The summed E-state index contributed by atoms with van der Waals surface area (Å²) in [6.07, 6.45) is 7.23. The molecule has 0 spiro atoms. The largest absolute Gasteiger partial charge is 0.355 e. The van der Waals surface area contributed by atoms with Gasteiger partial charge in [-0.05, 0) is 51.0 Å². The van der Waals surface area contributed by atoms with Crippen LogP contribution in [0.4, 0.5) is 0 Å². The van der Waals surface area contributed by atoms with Crippen molar-refractivity contribution in [3.63, 3.8) is 0 Å². The number of carbonyl (C=O) groups is 1. The lowest BCUT2D eigenvalue weighted by molar-refractivity contribution is -0.121. The van der Waals surface area contributed by atoms with E-state index in [1.54, 1.807) is 6.20 Å². The van der Waals surface area contributed by atoms with Crippen molar-refractivity contribution in [1.29, 1.82) is 0 Å². The summed E-state index contributed by atoms with van der Waals surface area (Å²) in [4.78, 5) is 14.7. The summed E-state index contributed by atoms with van der Waals surface area (Å²) in [6.45, 7) is 3.66. The molecule has 3 rings (SSSR count). The predicted molar refractivity (Wildman–Crippen MR) is 99.3 cm³/mol. The van der Waals surface area contributed by atoms with Gasteiger partial charge in [0.1, 0.15) is 0 Å². The van der Waals surface area contributed by atoms with Crippen molar-refractivity contribution in [2.75, 3.05) is 26.7 Å². The predicted octanol–water partition coefficient (Wildman–Crippen LogP) is 2.44. The Labute approximate surface area is 150 Å². The van der Waals surface area contributed by atoms with E-state index < -0.39 is 0 Å². The number of aromatic nitrogens is 2. The number of benzene rings is 1. The van der Waals surface area contributed by atoms with E-state index in [1.165, 1.54) is 5.56 Å². The normalized spacial score (nSPS) is 17.3. The highest BCUT2D eigenvalue weighted by Gasteiger charge is 2.35. The van der Waals surface area contributed by atoms with Crippen LogP contribution < -0.4 is 5.32 Å². The average molecular weight is 340 g/mol. The summed E-state index contributed by atoms with van der Waals surface area (Å²) < 4.78 is 1.87. The van der Waals surface area contributed by atoms with Crippen LogP contribution in [-0.4, -0.2) is 47.3 Å². The Morgan fingerprint density at radius 1 is 1.20 bits per heavy atom. The molecule has 0 radical (unpaired) electrons. The molecule has 1 fully saturated rings. The van der Waals surface area contributed by atoms with Crippen molar-refractivity contribution in [2.24, 2.45) is 0 Å². The van der Waals surface area contributed by atoms with Gasteiger partial charge in [-0.25, -0.2) is 0 Å². The number of hydrogen-bond acceptors (Lipinski definition) is 3. The molecular weight excluding hydrogens is 312 g/mol. The van der Waals surface area contributed by atoms with Crippen LogP contribution in [0.15, 0.2) is 48.8 Å². The Morgan fingerprint density at radius 3 is 2.64 bits per heavy atom. The van der Waals surface area contributed by atoms with Gasteiger partial charge in [-0.15, -0.1) is 0 Å². The molecule has 134 valence electrons. The summed E-state index contributed by atoms with van der Waals surface area (Å²) in [5, 5.41) is 7.37. The third kappa shape index (κ3) is 4.69. The van der Waals surface area contributed by atoms with Crippen molar-refractivity contribution < 1.29 is 4.79 Å². The van der Waals surface area contributed by atoms with E-state index >= 15 is 0 Å². The lowest BCUT2D eigenvalue weighted by Gasteiger charge is -2.41. The summed E-state index contributed by atoms with van der Waals surface area (Å²) in [5.41, 5.74) is 1.41. The first kappa shape index (κ1) is 17.7. The Bertz CT molecular complexity index is 646. The highest BCUT2D eigenvalue weighted by atomic mass is 16.1. The summed E-state index contributed by atoms with van der Waals surface area (Å²) in [6, 6.07) is 12.6. The van der Waals surface area contributed by atoms with E-state index in [1.807, 2.05) is 16.9 Å². The molecule has 1 aliphatic rings. The molecule has 0 atom stereocenters. The van der Waals surface area contributed by atoms with E-state index in [-0.39, 0.29) is 11.3 Å². The Kier molecular flexibility index (Phi) is 5.87. The molecule has 25 heavy (non-hydrogen) atoms. The van der Waals surface area contributed by atoms with Gasteiger partial charge in [0.25, 0.3) is 0 Å². The van der Waals surface area contributed by atoms with Gasteiger partial charge in [0.05, 0.1) is 0 Å². The minimum Gasteiger partial charge on any atom is -0.355 e. The number of rotatable bonds is 7. The van der Waals surface area contributed by atoms with Gasteiger partial charge in [-0.1, -0.05) is 30.3 Å². The first-order valence-electron chi connectivity index (χ1n) is 9.16. The van der Waals surface area contributed by atoms with Crippen LogP contribution in [0, 0.1) is 0 Å². The van der Waals surface area contributed by atoms with Crippen LogP contribution in [0.1, 0.15) is 31.2 Å². The fraction of sp³-hybridized carbons (Fsp3) is 0.500. The molecule has 0 bridgehead atoms. The molecule has 2 aromatic rings. The number of likely N-dealkylation sites (tertiary alicyclic amines) is 1. The smallest absolute Gasteiger partial charge is 0.220 e. The number of hydrogen-bond donors (Lipinski definition) is 1. The third-order valence-electron chi connectivity index (χ3n) is 5.30. The van der Waals surface area contributed by atoms with Gasteiger partial charge in [0.2, 0.25) is 5.91 Å². The minimum absolute atomic E-state index is 0.0609. The first-order chi connectivity index (χ1) is 12.2. The molecule has 0 unspecified atom stereocenters. The summed E-state index contributed by atoms with van der Waals surface area (Å²) in [7, 11) is 2.17. The van der Waals surface area contributed by atoms with Gasteiger partial charge >= 0.3 is 0 Å². The van der Waals surface area contributed by atoms with Crippen molar-refractivity contribution in [1.82, 2.24) is 20.0 Å². The standard InChI is InChI=1S/C20H28N4O/c1-23-15-10-20(11-16-23,18-7-3-2-4-8-18)17-21-19(25)9-5-13-24-14-6-12-22-24/h2-4,6-8,12,14H,5,9-11,13,15-17H2,1H3,(H,21,25). The number of carbonyl (C=O) groups excluding carboxylic acids is 1. The summed E-state index contributed by atoms with van der Waals surface area (Å²) in [5.74, 6) is 0.140. The molecule has 5 heteroatoms. The Morgan fingerprint density at radius 2 is 1.96 bits per heavy atom. The lowest BCUT2D eigenvalue weighted by Crippen LogP contribution is -2.48. The molecule has 1 saturated heterocycles. The van der Waals surface area contributed by atoms with Crippen LogP contribution in [0.3, 0.4) is 0 Å². The number of amides is 1. The minimum atomic E-state index is 0.0609. The molecule has 0 aliphatic carbocycles. The zero-order valence-electron chi connectivity index (χ0n) is 15.0. The van der Waals surface area contributed by atoms with Crippen LogP contribution in [0.25, 0.3) is 0 Å². The second kappa shape index (κ2) is 8.30. The Balaban J connectivity index is 1.54. The van der Waals surface area contributed by atoms with Gasteiger partial charge in [-0.2, -0.15) is 5.10 Å². The van der Waals surface area contributed by atoms with E-state index in [9.17, 15) is 4.79 Å². The highest BCUT2D eigenvalue weighted by molar-refractivity contribution is 5.76. The number of nitrogens with one attached hydrogen (secondary N) is 1. The maximum Gasteiger partial charge on any atom is 0.220 e. The van der Waals surface area contributed by atoms with Crippen LogP contribution >= 0.6 is 0 Å². The van der Waals surface area contributed by atoms with Crippen LogP contribution in [-0.2, 0) is 16.8 Å². The fourth-order valence-corrected chi connectivity index (χ4v) is 3.60. The van der Waals surface area contributed by atoms with Crippen LogP contribution in [0.5, 0.6) is 0 Å². The molecule has 1 amide bonds. The molecule has 5 nitrogen and oxygen atoms in total. The molecule has 1 aliphatic heterocycles. The molecule has 1 aromatic carbocycles. The first-order valence-corrected chi connectivity index (χ1v) is 9.16. The zero-order chi connectivity index (χ0) is 17.5. The monoisotopic (exact) mass is 340 g/mol. The molecule has 1 N–H and O–H groups in total. The topological polar surface area (TPSA) is 50.2 Å². The highest BCUT2D eigenvalue weighted by Crippen LogP contribution is 2.34. The van der Waals surface area contributed by atoms with Gasteiger partial charge < -0.3 is 10.2 Å². The number of piperidine rings is 1. The fourth-order valence-electron chi connectivity index (χ4n) is 3.60. The zero-order valence-corrected chi connectivity index (χ0v) is 15.0. The SMILES string of the molecule is CN1CCC(CNC(=O)CCCn2cccn2)(c2ccccc2)CC1. The van der Waals surface area contributed by atoms with Crippen molar-refractivity contribution in [2.45, 2.75) is 37.6 Å². The van der Waals surface area contributed by atoms with Crippen molar-refractivity contribution >= 4 is 5.91 Å². The summed E-state index contributed by atoms with van der Waals surface area (Å²) >= 11 is 0. The van der Waals surface area contributed by atoms with E-state index in [0.717, 1.165) is 45.4 Å². The van der Waals surface area contributed by atoms with Gasteiger partial charge in [0.15, 0.2) is 0 Å². The average Bonchev–Trinajstić information content (AvgIpc) is 3.16. The molecule has 2 heterocycles. The maximum absolute atomic E-state index is 12.3. The quantitative estimate of drug-likeness (QED) is 0.842. The van der Waals surface area contributed by atoms with Crippen molar-refractivity contribution in [3.05, 3.63) is 54.4 Å².